The number of rotatable bonds is 6. The average Bonchev–Trinajstić information content (AvgIpc) is 3.11. The molecular formula is C19H18ClN3O2. The molecule has 5 nitrogen and oxygen atoms in total. The summed E-state index contributed by atoms with van der Waals surface area (Å²) in [4.78, 5) is 12.3. The molecule has 1 atom stereocenters. The highest BCUT2D eigenvalue weighted by Crippen LogP contribution is 2.16. The molecular weight excluding hydrogens is 338 g/mol. The quantitative estimate of drug-likeness (QED) is 0.725. The van der Waals surface area contributed by atoms with Crippen molar-refractivity contribution < 1.29 is 9.53 Å². The largest absolute Gasteiger partial charge is 0.471 e. The Morgan fingerprint density at radius 1 is 1.16 bits per heavy atom. The van der Waals surface area contributed by atoms with Crippen LogP contribution in [0.5, 0.6) is 5.75 Å². The van der Waals surface area contributed by atoms with Crippen LogP contribution in [-0.2, 0) is 6.73 Å². The van der Waals surface area contributed by atoms with Gasteiger partial charge >= 0.3 is 0 Å². The maximum absolute atomic E-state index is 12.3. The molecule has 1 N–H and O–H groups in total. The van der Waals surface area contributed by atoms with Crippen LogP contribution < -0.4 is 10.1 Å². The molecule has 2 aromatic carbocycles. The van der Waals surface area contributed by atoms with Gasteiger partial charge in [0.15, 0.2) is 6.73 Å². The monoisotopic (exact) mass is 355 g/mol. The zero-order valence-corrected chi connectivity index (χ0v) is 14.5. The van der Waals surface area contributed by atoms with Gasteiger partial charge in [0.25, 0.3) is 5.91 Å². The van der Waals surface area contributed by atoms with Crippen molar-refractivity contribution in [2.75, 3.05) is 0 Å². The van der Waals surface area contributed by atoms with Gasteiger partial charge < -0.3 is 10.1 Å². The van der Waals surface area contributed by atoms with Crippen molar-refractivity contribution in [3.63, 3.8) is 0 Å². The second-order valence-corrected chi connectivity index (χ2v) is 6.01. The van der Waals surface area contributed by atoms with Crippen LogP contribution in [0, 0.1) is 0 Å². The fraction of sp³-hybridized carbons (Fsp3) is 0.158. The van der Waals surface area contributed by atoms with Crippen LogP contribution in [0.4, 0.5) is 0 Å². The summed E-state index contributed by atoms with van der Waals surface area (Å²) in [6.45, 7) is 2.15. The molecule has 0 radical (unpaired) electrons. The van der Waals surface area contributed by atoms with Gasteiger partial charge in [0.2, 0.25) is 0 Å². The second-order valence-electron chi connectivity index (χ2n) is 5.57. The minimum absolute atomic E-state index is 0.0934. The van der Waals surface area contributed by atoms with Crippen LogP contribution in [0.25, 0.3) is 0 Å². The third-order valence-corrected chi connectivity index (χ3v) is 3.95. The number of hydrogen-bond acceptors (Lipinski definition) is 3. The molecule has 1 aromatic heterocycles. The third-order valence-electron chi connectivity index (χ3n) is 3.70. The van der Waals surface area contributed by atoms with E-state index in [-0.39, 0.29) is 18.7 Å². The van der Waals surface area contributed by atoms with Crippen molar-refractivity contribution in [3.05, 3.63) is 83.1 Å². The van der Waals surface area contributed by atoms with Crippen molar-refractivity contribution >= 4 is 17.5 Å². The predicted molar refractivity (Wildman–Crippen MR) is 96.6 cm³/mol. The summed E-state index contributed by atoms with van der Waals surface area (Å²) < 4.78 is 7.17. The molecule has 0 bridgehead atoms. The Morgan fingerprint density at radius 2 is 1.88 bits per heavy atom. The van der Waals surface area contributed by atoms with Crippen LogP contribution >= 0.6 is 11.6 Å². The summed E-state index contributed by atoms with van der Waals surface area (Å²) >= 11 is 5.84. The van der Waals surface area contributed by atoms with E-state index in [1.807, 2.05) is 37.3 Å². The van der Waals surface area contributed by atoms with E-state index in [0.717, 1.165) is 5.56 Å². The van der Waals surface area contributed by atoms with Crippen molar-refractivity contribution in [2.24, 2.45) is 0 Å². The van der Waals surface area contributed by atoms with Gasteiger partial charge in [-0.05, 0) is 42.8 Å². The number of halogens is 1. The van der Waals surface area contributed by atoms with Gasteiger partial charge in [0, 0.05) is 11.2 Å². The van der Waals surface area contributed by atoms with Crippen LogP contribution in [0.15, 0.2) is 66.9 Å². The van der Waals surface area contributed by atoms with Gasteiger partial charge in [-0.3, -0.25) is 4.79 Å². The van der Waals surface area contributed by atoms with E-state index in [0.29, 0.717) is 16.5 Å². The molecule has 0 fully saturated rings. The summed E-state index contributed by atoms with van der Waals surface area (Å²) in [7, 11) is 0. The van der Waals surface area contributed by atoms with Crippen molar-refractivity contribution in [1.82, 2.24) is 15.1 Å². The minimum Gasteiger partial charge on any atom is -0.471 e. The van der Waals surface area contributed by atoms with E-state index in [2.05, 4.69) is 10.4 Å². The van der Waals surface area contributed by atoms with Crippen molar-refractivity contribution in [2.45, 2.75) is 19.7 Å². The SMILES string of the molecule is CC(NC(=O)c1ccn(COc2ccc(Cl)cc2)n1)c1ccccc1. The summed E-state index contributed by atoms with van der Waals surface area (Å²) in [5.74, 6) is 0.463. The lowest BCUT2D eigenvalue weighted by molar-refractivity contribution is 0.0932. The highest BCUT2D eigenvalue weighted by atomic mass is 35.5. The van der Waals surface area contributed by atoms with Crippen LogP contribution in [0.2, 0.25) is 5.02 Å². The minimum atomic E-state index is -0.221. The first kappa shape index (κ1) is 17.0. The van der Waals surface area contributed by atoms with Gasteiger partial charge in [0.1, 0.15) is 11.4 Å². The highest BCUT2D eigenvalue weighted by Gasteiger charge is 2.13. The van der Waals surface area contributed by atoms with Crippen LogP contribution in [-0.4, -0.2) is 15.7 Å². The number of aromatic nitrogens is 2. The van der Waals surface area contributed by atoms with Crippen molar-refractivity contribution in [3.8, 4) is 5.75 Å². The van der Waals surface area contributed by atoms with Gasteiger partial charge in [-0.2, -0.15) is 5.10 Å². The summed E-state index contributed by atoms with van der Waals surface area (Å²) in [6.07, 6.45) is 1.71. The van der Waals surface area contributed by atoms with Gasteiger partial charge in [0.05, 0.1) is 6.04 Å². The molecule has 0 aliphatic rings. The molecule has 1 unspecified atom stereocenters. The molecule has 3 aromatic rings. The lowest BCUT2D eigenvalue weighted by atomic mass is 10.1. The molecule has 0 aliphatic carbocycles. The first-order valence-electron chi connectivity index (χ1n) is 7.89. The molecule has 1 heterocycles. The zero-order valence-electron chi connectivity index (χ0n) is 13.7. The van der Waals surface area contributed by atoms with Crippen LogP contribution in [0.1, 0.15) is 29.0 Å². The number of carbonyl (C=O) groups is 1. The van der Waals surface area contributed by atoms with Gasteiger partial charge in [-0.1, -0.05) is 41.9 Å². The molecule has 6 heteroatoms. The molecule has 0 aliphatic heterocycles. The normalized spacial score (nSPS) is 11.8. The molecule has 1 amide bonds. The number of nitrogens with one attached hydrogen (secondary N) is 1. The summed E-state index contributed by atoms with van der Waals surface area (Å²) in [5.41, 5.74) is 1.39. The fourth-order valence-corrected chi connectivity index (χ4v) is 2.45. The van der Waals surface area contributed by atoms with Crippen LogP contribution in [0.3, 0.4) is 0 Å². The molecule has 0 saturated carbocycles. The third kappa shape index (κ3) is 4.61. The zero-order chi connectivity index (χ0) is 17.6. The lowest BCUT2D eigenvalue weighted by Crippen LogP contribution is -2.27. The van der Waals surface area contributed by atoms with E-state index in [9.17, 15) is 4.79 Å². The summed E-state index contributed by atoms with van der Waals surface area (Å²) in [5, 5.41) is 7.83. The van der Waals surface area contributed by atoms with Gasteiger partial charge in [-0.25, -0.2) is 4.68 Å². The number of benzene rings is 2. The number of carbonyl (C=O) groups excluding carboxylic acids is 1. The molecule has 0 spiro atoms. The smallest absolute Gasteiger partial charge is 0.272 e. The van der Waals surface area contributed by atoms with E-state index in [1.54, 1.807) is 41.2 Å². The first-order valence-corrected chi connectivity index (χ1v) is 8.27. The maximum Gasteiger partial charge on any atom is 0.272 e. The molecule has 0 saturated heterocycles. The summed E-state index contributed by atoms with van der Waals surface area (Å²) in [6, 6.07) is 18.4. The number of amides is 1. The average molecular weight is 356 g/mol. The topological polar surface area (TPSA) is 56.2 Å². The Kier molecular flexibility index (Phi) is 5.36. The highest BCUT2D eigenvalue weighted by molar-refractivity contribution is 6.30. The van der Waals surface area contributed by atoms with E-state index in [4.69, 9.17) is 16.3 Å². The Balaban J connectivity index is 1.57. The predicted octanol–water partition coefficient (Wildman–Crippen LogP) is 4.06. The standard InChI is InChI=1S/C19H18ClN3O2/c1-14(15-5-3-2-4-6-15)21-19(24)18-11-12-23(22-18)13-25-17-9-7-16(20)8-10-17/h2-12,14H,13H2,1H3,(H,21,24). The van der Waals surface area contributed by atoms with Gasteiger partial charge in [-0.15, -0.1) is 0 Å². The Bertz CT molecular complexity index is 831. The Labute approximate surface area is 151 Å². The Hall–Kier alpha value is -2.79. The van der Waals surface area contributed by atoms with E-state index >= 15 is 0 Å². The number of hydrogen-bond donors (Lipinski definition) is 1. The number of nitrogens with zero attached hydrogens (tertiary/aromatic N) is 2. The molecule has 128 valence electrons. The maximum atomic E-state index is 12.3. The first-order chi connectivity index (χ1) is 12.1. The second kappa shape index (κ2) is 7.85. The lowest BCUT2D eigenvalue weighted by Gasteiger charge is -2.13. The number of ether oxygens (including phenoxy) is 1. The Morgan fingerprint density at radius 3 is 2.60 bits per heavy atom. The molecule has 25 heavy (non-hydrogen) atoms. The van der Waals surface area contributed by atoms with E-state index < -0.39 is 0 Å². The van der Waals surface area contributed by atoms with E-state index in [1.165, 1.54) is 0 Å². The fourth-order valence-electron chi connectivity index (χ4n) is 2.32. The van der Waals surface area contributed by atoms with Crippen molar-refractivity contribution in [1.29, 1.82) is 0 Å². The molecule has 3 rings (SSSR count).